The van der Waals surface area contributed by atoms with Crippen LogP contribution in [0.1, 0.15) is 46.3 Å². The summed E-state index contributed by atoms with van der Waals surface area (Å²) in [6.45, 7) is 5.73. The van der Waals surface area contributed by atoms with E-state index in [4.69, 9.17) is 5.11 Å². The third-order valence-corrected chi connectivity index (χ3v) is 3.10. The molecule has 0 aliphatic heterocycles. The molecular weight excluding hydrogens is 270 g/mol. The molecule has 0 aliphatic rings. The number of anilines is 1. The Kier molecular flexibility index (Phi) is 4.07. The van der Waals surface area contributed by atoms with E-state index in [9.17, 15) is 9.59 Å². The average molecular weight is 287 g/mol. The number of carboxylic acid groups (broad SMARTS) is 1. The fourth-order valence-electron chi connectivity index (χ4n) is 1.82. The molecule has 0 saturated heterocycles. The summed E-state index contributed by atoms with van der Waals surface area (Å²) >= 11 is 0. The van der Waals surface area contributed by atoms with Gasteiger partial charge in [-0.05, 0) is 44.5 Å². The van der Waals surface area contributed by atoms with Gasteiger partial charge in [0.1, 0.15) is 0 Å². The normalized spacial score (nSPS) is 10.7. The topological polar surface area (TPSA) is 84.2 Å². The van der Waals surface area contributed by atoms with Crippen molar-refractivity contribution in [3.63, 3.8) is 0 Å². The lowest BCUT2D eigenvalue weighted by Crippen LogP contribution is -2.15. The van der Waals surface area contributed by atoms with Crippen molar-refractivity contribution in [1.82, 2.24) is 9.78 Å². The Balaban J connectivity index is 2.22. The maximum absolute atomic E-state index is 12.1. The van der Waals surface area contributed by atoms with E-state index in [1.54, 1.807) is 29.9 Å². The van der Waals surface area contributed by atoms with Gasteiger partial charge in [0.05, 0.1) is 5.56 Å². The van der Waals surface area contributed by atoms with Crippen molar-refractivity contribution in [3.8, 4) is 0 Å². The summed E-state index contributed by atoms with van der Waals surface area (Å²) < 4.78 is 1.69. The molecule has 0 fully saturated rings. The quantitative estimate of drug-likeness (QED) is 0.905. The second-order valence-electron chi connectivity index (χ2n) is 5.06. The summed E-state index contributed by atoms with van der Waals surface area (Å²) in [5.74, 6) is -1.39. The van der Waals surface area contributed by atoms with E-state index in [0.29, 0.717) is 11.4 Å². The van der Waals surface area contributed by atoms with Crippen LogP contribution in [0.25, 0.3) is 0 Å². The van der Waals surface area contributed by atoms with E-state index in [0.717, 1.165) is 5.56 Å². The fraction of sp³-hybridized carbons (Fsp3) is 0.267. The van der Waals surface area contributed by atoms with Gasteiger partial charge in [-0.1, -0.05) is 6.07 Å². The van der Waals surface area contributed by atoms with E-state index < -0.39 is 5.97 Å². The molecule has 6 heteroatoms. The number of aromatic nitrogens is 2. The highest BCUT2D eigenvalue weighted by molar-refractivity contribution is 6.03. The minimum absolute atomic E-state index is 0.128. The predicted molar refractivity (Wildman–Crippen MR) is 78.7 cm³/mol. The molecule has 21 heavy (non-hydrogen) atoms. The Morgan fingerprint density at radius 1 is 1.29 bits per heavy atom. The van der Waals surface area contributed by atoms with Gasteiger partial charge in [-0.3, -0.25) is 9.48 Å². The molecule has 0 spiro atoms. The molecule has 2 rings (SSSR count). The zero-order valence-electron chi connectivity index (χ0n) is 12.1. The number of rotatable bonds is 4. The Labute approximate surface area is 122 Å². The molecule has 6 nitrogen and oxygen atoms in total. The van der Waals surface area contributed by atoms with Gasteiger partial charge in [-0.2, -0.15) is 5.10 Å². The van der Waals surface area contributed by atoms with Gasteiger partial charge < -0.3 is 10.4 Å². The summed E-state index contributed by atoms with van der Waals surface area (Å²) in [7, 11) is 0. The first-order chi connectivity index (χ1) is 9.88. The Morgan fingerprint density at radius 3 is 2.57 bits per heavy atom. The van der Waals surface area contributed by atoms with Crippen LogP contribution >= 0.6 is 0 Å². The van der Waals surface area contributed by atoms with Crippen molar-refractivity contribution < 1.29 is 14.7 Å². The van der Waals surface area contributed by atoms with Crippen LogP contribution in [0.4, 0.5) is 5.69 Å². The molecule has 2 N–H and O–H groups in total. The average Bonchev–Trinajstić information content (AvgIpc) is 2.90. The van der Waals surface area contributed by atoms with Crippen LogP contribution in [0.3, 0.4) is 0 Å². The number of nitrogens with zero attached hydrogens (tertiary/aromatic N) is 2. The number of aryl methyl sites for hydroxylation is 1. The molecule has 110 valence electrons. The van der Waals surface area contributed by atoms with Gasteiger partial charge in [0.25, 0.3) is 5.91 Å². The van der Waals surface area contributed by atoms with Crippen molar-refractivity contribution in [2.24, 2.45) is 0 Å². The van der Waals surface area contributed by atoms with Crippen LogP contribution < -0.4 is 5.32 Å². The lowest BCUT2D eigenvalue weighted by molar-refractivity contribution is 0.0696. The highest BCUT2D eigenvalue weighted by Crippen LogP contribution is 2.18. The maximum atomic E-state index is 12.1. The molecule has 1 amide bonds. The summed E-state index contributed by atoms with van der Waals surface area (Å²) in [4.78, 5) is 23.1. The first kappa shape index (κ1) is 14.8. The summed E-state index contributed by atoms with van der Waals surface area (Å²) in [6, 6.07) is 6.40. The molecule has 0 radical (unpaired) electrons. The molecule has 0 aliphatic carbocycles. The molecule has 0 atom stereocenters. The Bertz CT molecular complexity index is 689. The summed E-state index contributed by atoms with van der Waals surface area (Å²) in [6.07, 6.45) is 1.74. The SMILES string of the molecule is Cc1ccc(C(=O)O)cc1NC(=O)c1ccn(C(C)C)n1. The third kappa shape index (κ3) is 3.28. The number of benzene rings is 1. The van der Waals surface area contributed by atoms with Crippen LogP contribution in [0.15, 0.2) is 30.5 Å². The molecule has 2 aromatic rings. The van der Waals surface area contributed by atoms with Crippen LogP contribution in [0.2, 0.25) is 0 Å². The van der Waals surface area contributed by atoms with Crippen molar-refractivity contribution in [2.75, 3.05) is 5.32 Å². The van der Waals surface area contributed by atoms with Gasteiger partial charge in [0.2, 0.25) is 0 Å². The van der Waals surface area contributed by atoms with Crippen molar-refractivity contribution in [1.29, 1.82) is 0 Å². The minimum Gasteiger partial charge on any atom is -0.478 e. The van der Waals surface area contributed by atoms with Crippen LogP contribution in [-0.4, -0.2) is 26.8 Å². The number of carboxylic acids is 1. The van der Waals surface area contributed by atoms with E-state index in [1.165, 1.54) is 12.1 Å². The van der Waals surface area contributed by atoms with Gasteiger partial charge in [-0.25, -0.2) is 4.79 Å². The van der Waals surface area contributed by atoms with Crippen molar-refractivity contribution in [2.45, 2.75) is 26.8 Å². The van der Waals surface area contributed by atoms with Crippen LogP contribution in [0.5, 0.6) is 0 Å². The Hall–Kier alpha value is -2.63. The smallest absolute Gasteiger partial charge is 0.335 e. The second-order valence-corrected chi connectivity index (χ2v) is 5.06. The van der Waals surface area contributed by atoms with Crippen molar-refractivity contribution >= 4 is 17.6 Å². The number of hydrogen-bond acceptors (Lipinski definition) is 3. The second kappa shape index (κ2) is 5.78. The van der Waals surface area contributed by atoms with Gasteiger partial charge in [-0.15, -0.1) is 0 Å². The molecule has 1 aromatic heterocycles. The number of hydrogen-bond donors (Lipinski definition) is 2. The number of amides is 1. The van der Waals surface area contributed by atoms with Crippen LogP contribution in [0, 0.1) is 6.92 Å². The minimum atomic E-state index is -1.03. The zero-order chi connectivity index (χ0) is 15.6. The number of carbonyl (C=O) groups excluding carboxylic acids is 1. The van der Waals surface area contributed by atoms with Gasteiger partial charge in [0.15, 0.2) is 5.69 Å². The molecule has 0 saturated carbocycles. The molecule has 0 unspecified atom stereocenters. The van der Waals surface area contributed by atoms with Gasteiger partial charge >= 0.3 is 5.97 Å². The third-order valence-electron chi connectivity index (χ3n) is 3.10. The largest absolute Gasteiger partial charge is 0.478 e. The highest BCUT2D eigenvalue weighted by atomic mass is 16.4. The highest BCUT2D eigenvalue weighted by Gasteiger charge is 2.13. The van der Waals surface area contributed by atoms with Crippen LogP contribution in [-0.2, 0) is 0 Å². The Morgan fingerprint density at radius 2 is 2.00 bits per heavy atom. The fourth-order valence-corrected chi connectivity index (χ4v) is 1.82. The van der Waals surface area contributed by atoms with Crippen molar-refractivity contribution in [3.05, 3.63) is 47.3 Å². The van der Waals surface area contributed by atoms with Gasteiger partial charge in [0, 0.05) is 17.9 Å². The zero-order valence-corrected chi connectivity index (χ0v) is 12.1. The number of nitrogens with one attached hydrogen (secondary N) is 1. The number of carbonyl (C=O) groups is 2. The van der Waals surface area contributed by atoms with E-state index >= 15 is 0 Å². The van der Waals surface area contributed by atoms with E-state index in [2.05, 4.69) is 10.4 Å². The van der Waals surface area contributed by atoms with E-state index in [1.807, 2.05) is 13.8 Å². The molecule has 0 bridgehead atoms. The first-order valence-electron chi connectivity index (χ1n) is 6.59. The first-order valence-corrected chi connectivity index (χ1v) is 6.59. The molecule has 1 heterocycles. The lowest BCUT2D eigenvalue weighted by Gasteiger charge is -2.08. The standard InChI is InChI=1S/C15H17N3O3/c1-9(2)18-7-6-12(17-18)14(19)16-13-8-11(15(20)21)5-4-10(13)3/h4-9H,1-3H3,(H,16,19)(H,20,21). The lowest BCUT2D eigenvalue weighted by atomic mass is 10.1. The number of aromatic carboxylic acids is 1. The predicted octanol–water partition coefficient (Wildman–Crippen LogP) is 2.72. The molecular formula is C15H17N3O3. The maximum Gasteiger partial charge on any atom is 0.335 e. The monoisotopic (exact) mass is 287 g/mol. The summed E-state index contributed by atoms with van der Waals surface area (Å²) in [5, 5.41) is 15.9. The summed E-state index contributed by atoms with van der Waals surface area (Å²) in [5.41, 5.74) is 1.68. The van der Waals surface area contributed by atoms with E-state index in [-0.39, 0.29) is 17.5 Å². The molecule has 1 aromatic carbocycles.